The molecule has 0 aliphatic carbocycles. The van der Waals surface area contributed by atoms with Crippen LogP contribution in [0.2, 0.25) is 0 Å². The van der Waals surface area contributed by atoms with E-state index in [4.69, 9.17) is 0 Å². The van der Waals surface area contributed by atoms with Crippen LogP contribution in [0.15, 0.2) is 0 Å². The van der Waals surface area contributed by atoms with Crippen LogP contribution in [0.3, 0.4) is 0 Å². The molecule has 2 atom stereocenters. The van der Waals surface area contributed by atoms with Gasteiger partial charge in [0.1, 0.15) is 0 Å². The van der Waals surface area contributed by atoms with Crippen molar-refractivity contribution in [3.05, 3.63) is 0 Å². The lowest BCUT2D eigenvalue weighted by Gasteiger charge is -2.10. The topological polar surface area (TPSA) is 57.7 Å². The molecule has 1 aromatic rings. The van der Waals surface area contributed by atoms with Gasteiger partial charge in [-0.15, -0.1) is 5.10 Å². The molecule has 1 N–H and O–H groups in total. The Balaban J connectivity index is 2.09. The van der Waals surface area contributed by atoms with Gasteiger partial charge < -0.3 is 4.90 Å². The van der Waals surface area contributed by atoms with Gasteiger partial charge in [-0.25, -0.2) is 0 Å². The van der Waals surface area contributed by atoms with Gasteiger partial charge in [0.05, 0.1) is 0 Å². The standard InChI is InChI=1S/C7H13N5/c1-5-3-12(4-6(5)2)7-8-10-11-9-7/h5-6H,3-4H2,1-2H3,(H,8,9,10,11). The Hall–Kier alpha value is -1.13. The second-order valence-corrected chi connectivity index (χ2v) is 3.57. The summed E-state index contributed by atoms with van der Waals surface area (Å²) in [6.07, 6.45) is 0. The van der Waals surface area contributed by atoms with Crippen molar-refractivity contribution in [1.82, 2.24) is 20.6 Å². The van der Waals surface area contributed by atoms with E-state index in [0.29, 0.717) is 0 Å². The largest absolute Gasteiger partial charge is 0.338 e. The molecule has 1 saturated heterocycles. The van der Waals surface area contributed by atoms with Crippen molar-refractivity contribution in [1.29, 1.82) is 0 Å². The average Bonchev–Trinajstić information content (AvgIpc) is 2.61. The third-order valence-corrected chi connectivity index (χ3v) is 2.61. The van der Waals surface area contributed by atoms with Crippen LogP contribution in [-0.2, 0) is 0 Å². The first-order valence-corrected chi connectivity index (χ1v) is 4.26. The lowest BCUT2D eigenvalue weighted by atomic mass is 10.0. The predicted molar refractivity (Wildman–Crippen MR) is 44.7 cm³/mol. The molecule has 5 heteroatoms. The number of aromatic nitrogens is 4. The number of hydrogen-bond acceptors (Lipinski definition) is 4. The summed E-state index contributed by atoms with van der Waals surface area (Å²) in [7, 11) is 0. The number of nitrogens with one attached hydrogen (secondary N) is 1. The van der Waals surface area contributed by atoms with E-state index in [1.807, 2.05) is 0 Å². The minimum atomic E-state index is 0.725. The van der Waals surface area contributed by atoms with Crippen LogP contribution >= 0.6 is 0 Å². The summed E-state index contributed by atoms with van der Waals surface area (Å²) in [6.45, 7) is 6.59. The molecule has 66 valence electrons. The summed E-state index contributed by atoms with van der Waals surface area (Å²) < 4.78 is 0. The normalized spacial score (nSPS) is 29.7. The Kier molecular flexibility index (Phi) is 1.71. The monoisotopic (exact) mass is 167 g/mol. The molecule has 1 aliphatic rings. The Morgan fingerprint density at radius 3 is 2.50 bits per heavy atom. The number of rotatable bonds is 1. The van der Waals surface area contributed by atoms with Gasteiger partial charge in [0.2, 0.25) is 0 Å². The molecule has 1 fully saturated rings. The number of aromatic amines is 1. The Morgan fingerprint density at radius 2 is 2.00 bits per heavy atom. The van der Waals surface area contributed by atoms with Crippen LogP contribution in [0.5, 0.6) is 0 Å². The van der Waals surface area contributed by atoms with Crippen molar-refractivity contribution in [2.24, 2.45) is 11.8 Å². The van der Waals surface area contributed by atoms with Gasteiger partial charge in [-0.1, -0.05) is 18.9 Å². The molecule has 0 radical (unpaired) electrons. The Bertz CT molecular complexity index is 234. The first-order chi connectivity index (χ1) is 5.77. The molecular formula is C7H13N5. The molecule has 1 aliphatic heterocycles. The van der Waals surface area contributed by atoms with Crippen molar-refractivity contribution in [2.45, 2.75) is 13.8 Å². The molecule has 1 aromatic heterocycles. The summed E-state index contributed by atoms with van der Waals surface area (Å²) in [4.78, 5) is 2.17. The van der Waals surface area contributed by atoms with Crippen LogP contribution in [0.1, 0.15) is 13.8 Å². The van der Waals surface area contributed by atoms with E-state index in [2.05, 4.69) is 39.4 Å². The van der Waals surface area contributed by atoms with Crippen molar-refractivity contribution < 1.29 is 0 Å². The highest BCUT2D eigenvalue weighted by molar-refractivity contribution is 5.28. The fourth-order valence-corrected chi connectivity index (χ4v) is 1.58. The SMILES string of the molecule is CC1CN(c2nn[nH]n2)CC1C. The first kappa shape index (κ1) is 7.52. The van der Waals surface area contributed by atoms with E-state index in [1.165, 1.54) is 0 Å². The number of H-pyrrole nitrogens is 1. The van der Waals surface area contributed by atoms with E-state index in [1.54, 1.807) is 0 Å². The van der Waals surface area contributed by atoms with E-state index < -0.39 is 0 Å². The highest BCUT2D eigenvalue weighted by Gasteiger charge is 2.27. The first-order valence-electron chi connectivity index (χ1n) is 4.26. The van der Waals surface area contributed by atoms with E-state index >= 15 is 0 Å². The molecule has 12 heavy (non-hydrogen) atoms. The van der Waals surface area contributed by atoms with Crippen molar-refractivity contribution >= 4 is 5.95 Å². The molecule has 2 heterocycles. The van der Waals surface area contributed by atoms with Gasteiger partial charge in [0, 0.05) is 13.1 Å². The van der Waals surface area contributed by atoms with Gasteiger partial charge >= 0.3 is 0 Å². The van der Waals surface area contributed by atoms with Crippen LogP contribution < -0.4 is 4.90 Å². The van der Waals surface area contributed by atoms with Gasteiger partial charge in [-0.3, -0.25) is 0 Å². The van der Waals surface area contributed by atoms with E-state index in [-0.39, 0.29) is 0 Å². The molecule has 0 spiro atoms. The lowest BCUT2D eigenvalue weighted by molar-refractivity contribution is 0.494. The van der Waals surface area contributed by atoms with Gasteiger partial charge in [-0.05, 0) is 17.0 Å². The number of hydrogen-bond donors (Lipinski definition) is 1. The number of anilines is 1. The highest BCUT2D eigenvalue weighted by Crippen LogP contribution is 2.24. The van der Waals surface area contributed by atoms with E-state index in [9.17, 15) is 0 Å². The summed E-state index contributed by atoms with van der Waals surface area (Å²) in [6, 6.07) is 0. The highest BCUT2D eigenvalue weighted by atomic mass is 15.5. The fraction of sp³-hybridized carbons (Fsp3) is 0.857. The maximum atomic E-state index is 3.95. The van der Waals surface area contributed by atoms with Crippen molar-refractivity contribution in [2.75, 3.05) is 18.0 Å². The van der Waals surface area contributed by atoms with Crippen LogP contribution in [0.4, 0.5) is 5.95 Å². The van der Waals surface area contributed by atoms with Crippen molar-refractivity contribution in [3.8, 4) is 0 Å². The Morgan fingerprint density at radius 1 is 1.33 bits per heavy atom. The molecule has 2 unspecified atom stereocenters. The second-order valence-electron chi connectivity index (χ2n) is 3.57. The van der Waals surface area contributed by atoms with Crippen LogP contribution in [-0.4, -0.2) is 33.7 Å². The lowest BCUT2D eigenvalue weighted by Crippen LogP contribution is -2.20. The third-order valence-electron chi connectivity index (χ3n) is 2.61. The van der Waals surface area contributed by atoms with Crippen LogP contribution in [0, 0.1) is 11.8 Å². The maximum Gasteiger partial charge on any atom is 0.265 e. The minimum absolute atomic E-state index is 0.725. The third kappa shape index (κ3) is 1.15. The maximum absolute atomic E-state index is 3.95. The zero-order chi connectivity index (χ0) is 8.55. The smallest absolute Gasteiger partial charge is 0.265 e. The zero-order valence-electron chi connectivity index (χ0n) is 7.36. The van der Waals surface area contributed by atoms with Crippen molar-refractivity contribution in [3.63, 3.8) is 0 Å². The molecular weight excluding hydrogens is 154 g/mol. The second kappa shape index (κ2) is 2.73. The van der Waals surface area contributed by atoms with Gasteiger partial charge in [0.25, 0.3) is 5.95 Å². The molecule has 0 bridgehead atoms. The van der Waals surface area contributed by atoms with Crippen LogP contribution in [0.25, 0.3) is 0 Å². The minimum Gasteiger partial charge on any atom is -0.338 e. The number of tetrazole rings is 1. The molecule has 0 saturated carbocycles. The summed E-state index contributed by atoms with van der Waals surface area (Å²) in [5.41, 5.74) is 0. The van der Waals surface area contributed by atoms with E-state index in [0.717, 1.165) is 30.9 Å². The average molecular weight is 167 g/mol. The summed E-state index contributed by atoms with van der Waals surface area (Å²) in [5, 5.41) is 13.9. The molecule has 0 aromatic carbocycles. The fourth-order valence-electron chi connectivity index (χ4n) is 1.58. The van der Waals surface area contributed by atoms with Gasteiger partial charge in [-0.2, -0.15) is 5.21 Å². The van der Waals surface area contributed by atoms with Gasteiger partial charge in [0.15, 0.2) is 0 Å². The zero-order valence-corrected chi connectivity index (χ0v) is 7.36. The number of nitrogens with zero attached hydrogens (tertiary/aromatic N) is 4. The molecule has 2 rings (SSSR count). The molecule has 0 amide bonds. The summed E-state index contributed by atoms with van der Waals surface area (Å²) >= 11 is 0. The summed E-state index contributed by atoms with van der Waals surface area (Å²) in [5.74, 6) is 2.18. The Labute approximate surface area is 71.1 Å². The molecule has 5 nitrogen and oxygen atoms in total. The predicted octanol–water partition coefficient (Wildman–Crippen LogP) is 0.292. The quantitative estimate of drug-likeness (QED) is 0.653.